The minimum Gasteiger partial charge on any atom is -0.355 e. The number of benzene rings is 4. The molecule has 0 radical (unpaired) electrons. The fourth-order valence-corrected chi connectivity index (χ4v) is 6.00. The molecule has 35 heavy (non-hydrogen) atoms. The van der Waals surface area contributed by atoms with Crippen LogP contribution in [0.2, 0.25) is 0 Å². The molecule has 0 saturated carbocycles. The van der Waals surface area contributed by atoms with Crippen LogP contribution in [0.1, 0.15) is 36.0 Å². The summed E-state index contributed by atoms with van der Waals surface area (Å²) in [7, 11) is 0. The fraction of sp³-hybridized carbons (Fsp3) is 0.152. The molecular formula is C33H28N2. The van der Waals surface area contributed by atoms with Gasteiger partial charge in [-0.2, -0.15) is 0 Å². The number of aromatic amines is 1. The van der Waals surface area contributed by atoms with Gasteiger partial charge < -0.3 is 9.88 Å². The SMILES string of the molecule is CCCc1ccc2[nH]c3ccc(C4=CC5c6ccccc6N(c6ccccc6)C5C=C4)cc3c2c1. The Kier molecular flexibility index (Phi) is 4.66. The fourth-order valence-electron chi connectivity index (χ4n) is 6.00. The van der Waals surface area contributed by atoms with Crippen LogP contribution in [0.4, 0.5) is 11.4 Å². The zero-order valence-corrected chi connectivity index (χ0v) is 19.9. The summed E-state index contributed by atoms with van der Waals surface area (Å²) < 4.78 is 0. The Balaban J connectivity index is 1.32. The van der Waals surface area contributed by atoms with Crippen molar-refractivity contribution in [2.24, 2.45) is 0 Å². The summed E-state index contributed by atoms with van der Waals surface area (Å²) in [5, 5.41) is 2.64. The van der Waals surface area contributed by atoms with E-state index in [4.69, 9.17) is 0 Å². The highest BCUT2D eigenvalue weighted by molar-refractivity contribution is 6.08. The van der Waals surface area contributed by atoms with Crippen LogP contribution in [0.5, 0.6) is 0 Å². The van der Waals surface area contributed by atoms with E-state index in [0.717, 1.165) is 6.42 Å². The van der Waals surface area contributed by atoms with E-state index in [-0.39, 0.29) is 0 Å². The first-order valence-corrected chi connectivity index (χ1v) is 12.7. The van der Waals surface area contributed by atoms with E-state index < -0.39 is 0 Å². The summed E-state index contributed by atoms with van der Waals surface area (Å²) >= 11 is 0. The number of para-hydroxylation sites is 2. The Hall–Kier alpha value is -4.04. The van der Waals surface area contributed by atoms with Crippen molar-refractivity contribution in [3.63, 3.8) is 0 Å². The molecule has 4 aromatic carbocycles. The third-order valence-electron chi connectivity index (χ3n) is 7.62. The van der Waals surface area contributed by atoms with Crippen LogP contribution in [0, 0.1) is 0 Å². The van der Waals surface area contributed by atoms with E-state index in [2.05, 4.69) is 126 Å². The Morgan fingerprint density at radius 2 is 1.57 bits per heavy atom. The first-order chi connectivity index (χ1) is 17.3. The highest BCUT2D eigenvalue weighted by atomic mass is 15.2. The number of nitrogens with zero attached hydrogens (tertiary/aromatic N) is 1. The molecule has 1 aliphatic heterocycles. The van der Waals surface area contributed by atoms with Crippen molar-refractivity contribution in [3.8, 4) is 0 Å². The van der Waals surface area contributed by atoms with Gasteiger partial charge in [0.25, 0.3) is 0 Å². The second-order valence-electron chi connectivity index (χ2n) is 9.78. The van der Waals surface area contributed by atoms with Crippen molar-refractivity contribution in [1.82, 2.24) is 4.98 Å². The standard InChI is InChI=1S/C33H28N2/c1-2-8-22-13-16-30-27(19-22)28-20-23(14-17-31(28)34-30)24-15-18-33-29(21-24)26-11-6-7-12-32(26)35(33)25-9-4-3-5-10-25/h3-7,9-21,29,33-34H,2,8H2,1H3. The lowest BCUT2D eigenvalue weighted by Crippen LogP contribution is -2.28. The average molecular weight is 453 g/mol. The van der Waals surface area contributed by atoms with Crippen LogP contribution in [-0.2, 0) is 6.42 Å². The number of hydrogen-bond donors (Lipinski definition) is 1. The number of rotatable bonds is 4. The molecule has 7 rings (SSSR count). The Morgan fingerprint density at radius 3 is 2.43 bits per heavy atom. The molecule has 0 bridgehead atoms. The number of aromatic nitrogens is 1. The molecule has 2 aliphatic rings. The van der Waals surface area contributed by atoms with Crippen LogP contribution >= 0.6 is 0 Å². The van der Waals surface area contributed by atoms with Crippen molar-refractivity contribution in [2.75, 3.05) is 4.90 Å². The van der Waals surface area contributed by atoms with Gasteiger partial charge in [0.15, 0.2) is 0 Å². The van der Waals surface area contributed by atoms with Gasteiger partial charge in [-0.1, -0.05) is 80.1 Å². The maximum absolute atomic E-state index is 3.61. The first-order valence-electron chi connectivity index (χ1n) is 12.7. The second kappa shape index (κ2) is 8.02. The molecule has 2 heteroatoms. The normalized spacial score (nSPS) is 18.7. The van der Waals surface area contributed by atoms with Crippen molar-refractivity contribution in [2.45, 2.75) is 31.7 Å². The summed E-state index contributed by atoms with van der Waals surface area (Å²) in [6.45, 7) is 2.24. The maximum Gasteiger partial charge on any atom is 0.0630 e. The molecule has 1 aromatic heterocycles. The van der Waals surface area contributed by atoms with Gasteiger partial charge in [0.1, 0.15) is 0 Å². The monoisotopic (exact) mass is 452 g/mol. The zero-order valence-electron chi connectivity index (χ0n) is 19.9. The molecule has 1 N–H and O–H groups in total. The van der Waals surface area contributed by atoms with Crippen molar-refractivity contribution in [3.05, 3.63) is 126 Å². The quantitative estimate of drug-likeness (QED) is 0.289. The molecule has 170 valence electrons. The van der Waals surface area contributed by atoms with E-state index >= 15 is 0 Å². The van der Waals surface area contributed by atoms with Gasteiger partial charge in [0.05, 0.1) is 6.04 Å². The Morgan fingerprint density at radius 1 is 0.800 bits per heavy atom. The van der Waals surface area contributed by atoms with E-state index in [9.17, 15) is 0 Å². The van der Waals surface area contributed by atoms with E-state index in [0.29, 0.717) is 12.0 Å². The summed E-state index contributed by atoms with van der Waals surface area (Å²) in [5.41, 5.74) is 10.4. The summed E-state index contributed by atoms with van der Waals surface area (Å²) in [6, 6.07) is 33.7. The second-order valence-corrected chi connectivity index (χ2v) is 9.78. The van der Waals surface area contributed by atoms with Crippen LogP contribution in [-0.4, -0.2) is 11.0 Å². The van der Waals surface area contributed by atoms with Gasteiger partial charge in [-0.05, 0) is 71.1 Å². The van der Waals surface area contributed by atoms with Gasteiger partial charge in [0, 0.05) is 39.1 Å². The number of H-pyrrole nitrogens is 1. The number of nitrogens with one attached hydrogen (secondary N) is 1. The number of fused-ring (bicyclic) bond motifs is 6. The molecule has 2 atom stereocenters. The summed E-state index contributed by atoms with van der Waals surface area (Å²) in [6.07, 6.45) is 9.48. The minimum absolute atomic E-state index is 0.298. The number of hydrogen-bond acceptors (Lipinski definition) is 1. The van der Waals surface area contributed by atoms with Gasteiger partial charge in [0.2, 0.25) is 0 Å². The molecule has 2 nitrogen and oxygen atoms in total. The number of anilines is 2. The molecule has 0 saturated heterocycles. The molecule has 1 aliphatic carbocycles. The third kappa shape index (κ3) is 3.24. The topological polar surface area (TPSA) is 19.0 Å². The molecule has 2 unspecified atom stereocenters. The Bertz CT molecular complexity index is 1620. The van der Waals surface area contributed by atoms with Gasteiger partial charge >= 0.3 is 0 Å². The van der Waals surface area contributed by atoms with Gasteiger partial charge in [-0.15, -0.1) is 0 Å². The molecule has 5 aromatic rings. The minimum atomic E-state index is 0.298. The summed E-state index contributed by atoms with van der Waals surface area (Å²) in [5.74, 6) is 0.334. The predicted octanol–water partition coefficient (Wildman–Crippen LogP) is 8.53. The number of allylic oxidation sites excluding steroid dienone is 2. The number of aryl methyl sites for hydroxylation is 1. The lowest BCUT2D eigenvalue weighted by molar-refractivity contribution is 0.747. The predicted molar refractivity (Wildman–Crippen MR) is 148 cm³/mol. The largest absolute Gasteiger partial charge is 0.355 e. The average Bonchev–Trinajstić information content (AvgIpc) is 3.44. The van der Waals surface area contributed by atoms with Crippen molar-refractivity contribution < 1.29 is 0 Å². The summed E-state index contributed by atoms with van der Waals surface area (Å²) in [4.78, 5) is 6.10. The van der Waals surface area contributed by atoms with E-state index in [1.807, 2.05) is 0 Å². The van der Waals surface area contributed by atoms with E-state index in [1.165, 1.54) is 61.9 Å². The first kappa shape index (κ1) is 20.3. The maximum atomic E-state index is 3.61. The van der Waals surface area contributed by atoms with E-state index in [1.54, 1.807) is 0 Å². The zero-order chi connectivity index (χ0) is 23.4. The molecule has 0 amide bonds. The third-order valence-corrected chi connectivity index (χ3v) is 7.62. The molecule has 0 fully saturated rings. The van der Waals surface area contributed by atoms with Crippen molar-refractivity contribution >= 4 is 38.8 Å². The lowest BCUT2D eigenvalue weighted by Gasteiger charge is -2.29. The Labute approximate surface area is 206 Å². The van der Waals surface area contributed by atoms with Crippen molar-refractivity contribution in [1.29, 1.82) is 0 Å². The molecule has 0 spiro atoms. The highest BCUT2D eigenvalue weighted by Gasteiger charge is 2.38. The van der Waals surface area contributed by atoms with Crippen LogP contribution in [0.15, 0.2) is 109 Å². The van der Waals surface area contributed by atoms with Crippen LogP contribution in [0.25, 0.3) is 27.4 Å². The lowest BCUT2D eigenvalue weighted by atomic mass is 9.86. The van der Waals surface area contributed by atoms with Crippen LogP contribution < -0.4 is 4.90 Å². The molecular weight excluding hydrogens is 424 g/mol. The van der Waals surface area contributed by atoms with Gasteiger partial charge in [-0.3, -0.25) is 0 Å². The highest BCUT2D eigenvalue weighted by Crippen LogP contribution is 2.49. The van der Waals surface area contributed by atoms with Gasteiger partial charge in [-0.25, -0.2) is 0 Å². The smallest absolute Gasteiger partial charge is 0.0630 e. The van der Waals surface area contributed by atoms with Crippen LogP contribution in [0.3, 0.4) is 0 Å². The molecule has 2 heterocycles.